The van der Waals surface area contributed by atoms with Gasteiger partial charge in [-0.25, -0.2) is 4.98 Å². The molecule has 0 amide bonds. The molecule has 2 heterocycles. The fourth-order valence-corrected chi connectivity index (χ4v) is 2.37. The van der Waals surface area contributed by atoms with Gasteiger partial charge in [-0.3, -0.25) is 5.41 Å². The molecule has 1 aliphatic rings. The number of amidine groups is 1. The Kier molecular flexibility index (Phi) is 3.27. The molecule has 1 aliphatic heterocycles. The number of alkyl halides is 3. The minimum atomic E-state index is -4.38. The molecule has 4 nitrogen and oxygen atoms in total. The number of halogens is 3. The van der Waals surface area contributed by atoms with E-state index in [0.717, 1.165) is 12.1 Å². The number of fused-ring (bicyclic) bond motifs is 1. The van der Waals surface area contributed by atoms with Crippen molar-refractivity contribution in [1.29, 1.82) is 5.41 Å². The van der Waals surface area contributed by atoms with E-state index in [4.69, 9.17) is 15.9 Å². The first-order chi connectivity index (χ1) is 10.3. The molecular weight excluding hydrogens is 295 g/mol. The lowest BCUT2D eigenvalue weighted by Crippen LogP contribution is -2.15. The standard InChI is InChI=1S/C15H12F3N3O/c16-15(17,18)9-4-5-12-8(6-9)7-13(22-12)10-2-1-3-11(21-10)14(19)20/h1-6,13H,7H2,(H3,19,20). The highest BCUT2D eigenvalue weighted by Crippen LogP contribution is 2.39. The molecular formula is C15H12F3N3O. The quantitative estimate of drug-likeness (QED) is 0.661. The van der Waals surface area contributed by atoms with E-state index in [0.29, 0.717) is 29.1 Å². The Bertz CT molecular complexity index is 743. The van der Waals surface area contributed by atoms with Crippen LogP contribution in [0.1, 0.15) is 28.6 Å². The number of nitrogens with one attached hydrogen (secondary N) is 1. The molecule has 7 heteroatoms. The number of nitrogens with zero attached hydrogens (tertiary/aromatic N) is 1. The number of ether oxygens (including phenoxy) is 1. The van der Waals surface area contributed by atoms with Gasteiger partial charge in [0.2, 0.25) is 0 Å². The van der Waals surface area contributed by atoms with Crippen LogP contribution in [0, 0.1) is 5.41 Å². The van der Waals surface area contributed by atoms with Gasteiger partial charge < -0.3 is 10.5 Å². The summed E-state index contributed by atoms with van der Waals surface area (Å²) in [6.07, 6.45) is -4.55. The minimum Gasteiger partial charge on any atom is -0.483 e. The predicted molar refractivity (Wildman–Crippen MR) is 73.8 cm³/mol. The molecule has 1 aromatic carbocycles. The summed E-state index contributed by atoms with van der Waals surface area (Å²) in [5.41, 5.74) is 6.04. The van der Waals surface area contributed by atoms with Crippen molar-refractivity contribution in [2.45, 2.75) is 18.7 Å². The Morgan fingerprint density at radius 2 is 2.05 bits per heavy atom. The number of pyridine rings is 1. The largest absolute Gasteiger partial charge is 0.483 e. The van der Waals surface area contributed by atoms with E-state index in [-0.39, 0.29) is 5.84 Å². The van der Waals surface area contributed by atoms with E-state index < -0.39 is 17.8 Å². The number of benzene rings is 1. The number of rotatable bonds is 2. The van der Waals surface area contributed by atoms with Gasteiger partial charge in [0.05, 0.1) is 11.3 Å². The average molecular weight is 307 g/mol. The van der Waals surface area contributed by atoms with Crippen molar-refractivity contribution in [3.63, 3.8) is 0 Å². The molecule has 0 fully saturated rings. The van der Waals surface area contributed by atoms with Gasteiger partial charge in [-0.1, -0.05) is 6.07 Å². The second kappa shape index (κ2) is 5.01. The Morgan fingerprint density at radius 1 is 1.27 bits per heavy atom. The van der Waals surface area contributed by atoms with Crippen molar-refractivity contribution < 1.29 is 17.9 Å². The summed E-state index contributed by atoms with van der Waals surface area (Å²) >= 11 is 0. The molecule has 0 bridgehead atoms. The van der Waals surface area contributed by atoms with Crippen LogP contribution in [0.2, 0.25) is 0 Å². The van der Waals surface area contributed by atoms with Crippen molar-refractivity contribution in [2.24, 2.45) is 5.73 Å². The topological polar surface area (TPSA) is 72.0 Å². The lowest BCUT2D eigenvalue weighted by atomic mass is 10.0. The number of nitrogen functional groups attached to an aromatic ring is 1. The van der Waals surface area contributed by atoms with E-state index in [1.54, 1.807) is 18.2 Å². The zero-order valence-electron chi connectivity index (χ0n) is 11.3. The second-order valence-electron chi connectivity index (χ2n) is 4.99. The van der Waals surface area contributed by atoms with Crippen LogP contribution in [0.4, 0.5) is 13.2 Å². The van der Waals surface area contributed by atoms with Crippen molar-refractivity contribution in [3.8, 4) is 5.75 Å². The summed E-state index contributed by atoms with van der Waals surface area (Å²) in [5.74, 6) is 0.254. The molecule has 3 N–H and O–H groups in total. The Morgan fingerprint density at radius 3 is 2.73 bits per heavy atom. The van der Waals surface area contributed by atoms with E-state index >= 15 is 0 Å². The molecule has 0 spiro atoms. The SMILES string of the molecule is N=C(N)c1cccc(C2Cc3cc(C(F)(F)F)ccc3O2)n1. The van der Waals surface area contributed by atoms with Gasteiger partial charge in [0.25, 0.3) is 0 Å². The van der Waals surface area contributed by atoms with E-state index in [1.807, 2.05) is 0 Å². The molecule has 0 saturated carbocycles. The van der Waals surface area contributed by atoms with Crippen LogP contribution in [0.15, 0.2) is 36.4 Å². The molecule has 0 aliphatic carbocycles. The molecule has 0 saturated heterocycles. The van der Waals surface area contributed by atoms with Crippen molar-refractivity contribution in [1.82, 2.24) is 4.98 Å². The second-order valence-corrected chi connectivity index (χ2v) is 4.99. The highest BCUT2D eigenvalue weighted by Gasteiger charge is 2.33. The van der Waals surface area contributed by atoms with Crippen LogP contribution >= 0.6 is 0 Å². The summed E-state index contributed by atoms with van der Waals surface area (Å²) in [6, 6.07) is 8.41. The molecule has 114 valence electrons. The van der Waals surface area contributed by atoms with Crippen LogP contribution in [-0.4, -0.2) is 10.8 Å². The van der Waals surface area contributed by atoms with Gasteiger partial charge in [0.1, 0.15) is 23.4 Å². The van der Waals surface area contributed by atoms with Crippen LogP contribution in [0.3, 0.4) is 0 Å². The van der Waals surface area contributed by atoms with Crippen molar-refractivity contribution >= 4 is 5.84 Å². The molecule has 22 heavy (non-hydrogen) atoms. The van der Waals surface area contributed by atoms with Gasteiger partial charge in [0, 0.05) is 6.42 Å². The lowest BCUT2D eigenvalue weighted by molar-refractivity contribution is -0.137. The molecule has 1 atom stereocenters. The summed E-state index contributed by atoms with van der Waals surface area (Å²) < 4.78 is 43.8. The molecule has 3 rings (SSSR count). The minimum absolute atomic E-state index is 0.170. The first-order valence-corrected chi connectivity index (χ1v) is 6.53. The average Bonchev–Trinajstić information content (AvgIpc) is 2.89. The molecule has 2 aromatic rings. The zero-order chi connectivity index (χ0) is 15.9. The number of aromatic nitrogens is 1. The maximum Gasteiger partial charge on any atom is 0.416 e. The van der Waals surface area contributed by atoms with Gasteiger partial charge in [-0.15, -0.1) is 0 Å². The maximum absolute atomic E-state index is 12.7. The normalized spacial score (nSPS) is 17.0. The fourth-order valence-electron chi connectivity index (χ4n) is 2.37. The summed E-state index contributed by atoms with van der Waals surface area (Å²) in [7, 11) is 0. The van der Waals surface area contributed by atoms with Gasteiger partial charge in [-0.2, -0.15) is 13.2 Å². The highest BCUT2D eigenvalue weighted by molar-refractivity contribution is 5.92. The Balaban J connectivity index is 1.88. The Hall–Kier alpha value is -2.57. The summed E-state index contributed by atoms with van der Waals surface area (Å²) in [4.78, 5) is 4.21. The van der Waals surface area contributed by atoms with Crippen LogP contribution in [-0.2, 0) is 12.6 Å². The summed E-state index contributed by atoms with van der Waals surface area (Å²) in [5, 5.41) is 7.38. The molecule has 1 aromatic heterocycles. The lowest BCUT2D eigenvalue weighted by Gasteiger charge is -2.11. The number of hydrogen-bond donors (Lipinski definition) is 2. The summed E-state index contributed by atoms with van der Waals surface area (Å²) in [6.45, 7) is 0. The van der Waals surface area contributed by atoms with Crippen LogP contribution in [0.5, 0.6) is 5.75 Å². The van der Waals surface area contributed by atoms with Gasteiger partial charge in [-0.05, 0) is 35.9 Å². The third-order valence-corrected chi connectivity index (χ3v) is 3.44. The van der Waals surface area contributed by atoms with E-state index in [1.165, 1.54) is 6.07 Å². The van der Waals surface area contributed by atoms with Crippen LogP contribution < -0.4 is 10.5 Å². The molecule has 1 unspecified atom stereocenters. The Labute approximate surface area is 124 Å². The van der Waals surface area contributed by atoms with Crippen molar-refractivity contribution in [2.75, 3.05) is 0 Å². The smallest absolute Gasteiger partial charge is 0.416 e. The number of nitrogens with two attached hydrogens (primary N) is 1. The zero-order valence-corrected chi connectivity index (χ0v) is 11.3. The maximum atomic E-state index is 12.7. The van der Waals surface area contributed by atoms with Gasteiger partial charge in [0.15, 0.2) is 0 Å². The third-order valence-electron chi connectivity index (χ3n) is 3.44. The first kappa shape index (κ1) is 14.4. The van der Waals surface area contributed by atoms with E-state index in [2.05, 4.69) is 4.98 Å². The number of hydrogen-bond acceptors (Lipinski definition) is 3. The van der Waals surface area contributed by atoms with Gasteiger partial charge >= 0.3 is 6.18 Å². The molecule has 0 radical (unpaired) electrons. The monoisotopic (exact) mass is 307 g/mol. The highest BCUT2D eigenvalue weighted by atomic mass is 19.4. The predicted octanol–water partition coefficient (Wildman–Crippen LogP) is 3.06. The van der Waals surface area contributed by atoms with Crippen molar-refractivity contribution in [3.05, 3.63) is 58.9 Å². The first-order valence-electron chi connectivity index (χ1n) is 6.53. The van der Waals surface area contributed by atoms with E-state index in [9.17, 15) is 13.2 Å². The third kappa shape index (κ3) is 2.61. The fraction of sp³-hybridized carbons (Fsp3) is 0.200. The van der Waals surface area contributed by atoms with Crippen LogP contribution in [0.25, 0.3) is 0 Å².